The van der Waals surface area contributed by atoms with E-state index in [9.17, 15) is 10.1 Å². The maximum absolute atomic E-state index is 10.9. The molecule has 0 unspecified atom stereocenters. The zero-order valence-electron chi connectivity index (χ0n) is 9.64. The molecule has 1 aliphatic rings. The highest BCUT2D eigenvalue weighted by molar-refractivity contribution is 5.76. The van der Waals surface area contributed by atoms with Crippen molar-refractivity contribution >= 4 is 11.4 Å². The first kappa shape index (κ1) is 11.4. The Balaban J connectivity index is 2.65. The number of benzene rings is 1. The Bertz CT molecular complexity index is 509. The molecule has 6 nitrogen and oxygen atoms in total. The number of para-hydroxylation sites is 1. The number of hydrogen-bond donors (Lipinski definition) is 1. The minimum absolute atomic E-state index is 0.0330. The molecule has 1 aromatic carbocycles. The van der Waals surface area contributed by atoms with Gasteiger partial charge in [-0.15, -0.1) is 0 Å². The van der Waals surface area contributed by atoms with Gasteiger partial charge in [0.05, 0.1) is 10.6 Å². The van der Waals surface area contributed by atoms with Crippen molar-refractivity contribution in [3.05, 3.63) is 39.4 Å². The molecule has 0 radical (unpaired) electrons. The lowest BCUT2D eigenvalue weighted by Gasteiger charge is -2.26. The average Bonchev–Trinajstić information content (AvgIpc) is 2.26. The van der Waals surface area contributed by atoms with Gasteiger partial charge >= 0.3 is 5.69 Å². The zero-order valence-corrected chi connectivity index (χ0v) is 9.64. The molecule has 2 rings (SSSR count). The summed E-state index contributed by atoms with van der Waals surface area (Å²) < 4.78 is 5.43. The lowest BCUT2D eigenvalue weighted by atomic mass is 10.0. The van der Waals surface area contributed by atoms with E-state index < -0.39 is 4.92 Å². The predicted molar refractivity (Wildman–Crippen MR) is 63.1 cm³/mol. The largest absolute Gasteiger partial charge is 0.482 e. The van der Waals surface area contributed by atoms with Crippen LogP contribution >= 0.6 is 0 Å². The molecule has 17 heavy (non-hydrogen) atoms. The summed E-state index contributed by atoms with van der Waals surface area (Å²) in [4.78, 5) is 10.4. The van der Waals surface area contributed by atoms with Gasteiger partial charge in [-0.05, 0) is 18.6 Å². The first-order chi connectivity index (χ1) is 8.02. The van der Waals surface area contributed by atoms with Crippen LogP contribution in [0.15, 0.2) is 23.8 Å². The molecule has 1 aromatic rings. The van der Waals surface area contributed by atoms with Gasteiger partial charge in [0.15, 0.2) is 0 Å². The molecule has 0 bridgehead atoms. The monoisotopic (exact) mass is 235 g/mol. The van der Waals surface area contributed by atoms with Gasteiger partial charge in [-0.3, -0.25) is 10.1 Å². The fraction of sp³-hybridized carbons (Fsp3) is 0.273. The third-order valence-electron chi connectivity index (χ3n) is 2.64. The first-order valence-corrected chi connectivity index (χ1v) is 5.11. The molecule has 0 amide bonds. The van der Waals surface area contributed by atoms with E-state index in [1.54, 1.807) is 19.2 Å². The maximum atomic E-state index is 10.9. The van der Waals surface area contributed by atoms with Crippen molar-refractivity contribution < 1.29 is 9.66 Å². The van der Waals surface area contributed by atoms with Crippen LogP contribution in [0.3, 0.4) is 0 Å². The molecule has 0 atom stereocenters. The van der Waals surface area contributed by atoms with E-state index in [0.29, 0.717) is 12.2 Å². The Morgan fingerprint density at radius 1 is 1.53 bits per heavy atom. The number of nitrogens with two attached hydrogens (primary N) is 1. The van der Waals surface area contributed by atoms with Crippen molar-refractivity contribution in [3.63, 3.8) is 0 Å². The van der Waals surface area contributed by atoms with Crippen LogP contribution in [0.1, 0.15) is 12.5 Å². The second-order valence-corrected chi connectivity index (χ2v) is 3.94. The number of nitrogens with zero attached hydrogens (tertiary/aromatic N) is 2. The molecule has 0 saturated heterocycles. The summed E-state index contributed by atoms with van der Waals surface area (Å²) in [5, 5.41) is 12.4. The third kappa shape index (κ3) is 1.83. The molecule has 0 aliphatic carbocycles. The summed E-state index contributed by atoms with van der Waals surface area (Å²) in [6, 6.07) is 4.82. The second-order valence-electron chi connectivity index (χ2n) is 3.94. The molecule has 6 heteroatoms. The third-order valence-corrected chi connectivity index (χ3v) is 2.64. The van der Waals surface area contributed by atoms with Gasteiger partial charge in [0.25, 0.3) is 0 Å². The quantitative estimate of drug-likeness (QED) is 0.477. The summed E-state index contributed by atoms with van der Waals surface area (Å²) in [7, 11) is 1.70. The molecule has 1 aliphatic heterocycles. The van der Waals surface area contributed by atoms with Crippen molar-refractivity contribution in [1.82, 2.24) is 5.01 Å². The highest BCUT2D eigenvalue weighted by atomic mass is 16.6. The van der Waals surface area contributed by atoms with E-state index in [0.717, 1.165) is 11.3 Å². The summed E-state index contributed by atoms with van der Waals surface area (Å²) >= 11 is 0. The number of nitro groups is 1. The number of hydrogen-bond acceptors (Lipinski definition) is 5. The highest BCUT2D eigenvalue weighted by Gasteiger charge is 2.26. The van der Waals surface area contributed by atoms with E-state index in [-0.39, 0.29) is 11.4 Å². The summed E-state index contributed by atoms with van der Waals surface area (Å²) in [5.41, 5.74) is 2.35. The van der Waals surface area contributed by atoms with Crippen LogP contribution in [0.4, 0.5) is 5.69 Å². The Hall–Kier alpha value is -2.08. The van der Waals surface area contributed by atoms with Gasteiger partial charge in [0.1, 0.15) is 6.61 Å². The van der Waals surface area contributed by atoms with Crippen LogP contribution in [0.2, 0.25) is 0 Å². The smallest absolute Gasteiger partial charge is 0.311 e. The van der Waals surface area contributed by atoms with Gasteiger partial charge in [0, 0.05) is 18.7 Å². The number of rotatable bonds is 2. The van der Waals surface area contributed by atoms with Crippen LogP contribution in [0, 0.1) is 10.1 Å². The fourth-order valence-corrected chi connectivity index (χ4v) is 1.98. The van der Waals surface area contributed by atoms with Gasteiger partial charge in [-0.25, -0.2) is 5.84 Å². The van der Waals surface area contributed by atoms with Gasteiger partial charge < -0.3 is 9.75 Å². The molecular weight excluding hydrogens is 222 g/mol. The number of hydrazine groups is 1. The minimum Gasteiger partial charge on any atom is -0.482 e. The van der Waals surface area contributed by atoms with Crippen molar-refractivity contribution in [1.29, 1.82) is 0 Å². The topological polar surface area (TPSA) is 81.6 Å². The van der Waals surface area contributed by atoms with Gasteiger partial charge in [-0.2, -0.15) is 0 Å². The molecule has 0 spiro atoms. The highest BCUT2D eigenvalue weighted by Crippen LogP contribution is 2.39. The number of fused-ring (bicyclic) bond motifs is 1. The molecular formula is C11H13N3O3. The molecule has 0 fully saturated rings. The zero-order chi connectivity index (χ0) is 12.6. The van der Waals surface area contributed by atoms with Gasteiger partial charge in [-0.1, -0.05) is 6.07 Å². The molecule has 0 saturated carbocycles. The number of nitro benzene ring substituents is 1. The molecule has 90 valence electrons. The predicted octanol–water partition coefficient (Wildman–Crippen LogP) is 1.52. The summed E-state index contributed by atoms with van der Waals surface area (Å²) in [6.07, 6.45) is 0. The average molecular weight is 235 g/mol. The van der Waals surface area contributed by atoms with Crippen LogP contribution in [0.25, 0.3) is 5.70 Å². The van der Waals surface area contributed by atoms with Crippen LogP contribution < -0.4 is 10.6 Å². The van der Waals surface area contributed by atoms with Crippen molar-refractivity contribution in [2.24, 2.45) is 5.84 Å². The lowest BCUT2D eigenvalue weighted by Crippen LogP contribution is -2.28. The summed E-state index contributed by atoms with van der Waals surface area (Å²) in [5.74, 6) is 6.04. The Morgan fingerprint density at radius 3 is 2.82 bits per heavy atom. The molecule has 2 N–H and O–H groups in total. The maximum Gasteiger partial charge on any atom is 0.311 e. The van der Waals surface area contributed by atoms with Gasteiger partial charge in [0.2, 0.25) is 5.75 Å². The van der Waals surface area contributed by atoms with Crippen LogP contribution in [-0.4, -0.2) is 23.6 Å². The fourth-order valence-electron chi connectivity index (χ4n) is 1.98. The Kier molecular flexibility index (Phi) is 2.72. The van der Waals surface area contributed by atoms with E-state index in [1.165, 1.54) is 11.1 Å². The standard InChI is InChI=1S/C11H13N3O3/c1-7-6-17-11-8(10(7)13(2)12)4-3-5-9(11)14(15)16/h3-5H,6,12H2,1-2H3. The minimum atomic E-state index is -0.451. The molecule has 0 aromatic heterocycles. The van der Waals surface area contributed by atoms with Crippen molar-refractivity contribution in [3.8, 4) is 5.75 Å². The van der Waals surface area contributed by atoms with E-state index in [1.807, 2.05) is 6.92 Å². The Labute approximate surface area is 98.4 Å². The van der Waals surface area contributed by atoms with Crippen molar-refractivity contribution in [2.75, 3.05) is 13.7 Å². The van der Waals surface area contributed by atoms with E-state index in [4.69, 9.17) is 10.6 Å². The van der Waals surface area contributed by atoms with Crippen LogP contribution in [-0.2, 0) is 0 Å². The number of ether oxygens (including phenoxy) is 1. The van der Waals surface area contributed by atoms with E-state index >= 15 is 0 Å². The second kappa shape index (κ2) is 4.06. The van der Waals surface area contributed by atoms with E-state index in [2.05, 4.69) is 0 Å². The molecule has 1 heterocycles. The Morgan fingerprint density at radius 2 is 2.24 bits per heavy atom. The first-order valence-electron chi connectivity index (χ1n) is 5.11. The van der Waals surface area contributed by atoms with Crippen LogP contribution in [0.5, 0.6) is 5.75 Å². The van der Waals surface area contributed by atoms with Crippen molar-refractivity contribution in [2.45, 2.75) is 6.92 Å². The summed E-state index contributed by atoms with van der Waals surface area (Å²) in [6.45, 7) is 2.20. The SMILES string of the molecule is CC1=C(N(C)N)c2cccc([N+](=O)[O-])c2OC1. The normalized spacial score (nSPS) is 14.1. The lowest BCUT2D eigenvalue weighted by molar-refractivity contribution is -0.385.